The van der Waals surface area contributed by atoms with Crippen LogP contribution >= 0.6 is 0 Å². The number of halogens is 1. The number of nitrogens with two attached hydrogens (primary N) is 1. The molecule has 21 heavy (non-hydrogen) atoms. The summed E-state index contributed by atoms with van der Waals surface area (Å²) < 4.78 is 13.4. The van der Waals surface area contributed by atoms with Crippen LogP contribution in [0.5, 0.6) is 0 Å². The zero-order valence-electron chi connectivity index (χ0n) is 12.3. The van der Waals surface area contributed by atoms with E-state index < -0.39 is 5.41 Å². The molecular formula is C16H20FN3O. The quantitative estimate of drug-likeness (QED) is 0.928. The molecule has 0 aromatic heterocycles. The molecule has 1 aromatic rings. The van der Waals surface area contributed by atoms with Gasteiger partial charge in [0, 0.05) is 0 Å². The second kappa shape index (κ2) is 5.82. The van der Waals surface area contributed by atoms with Gasteiger partial charge in [0.05, 0.1) is 30.1 Å². The number of hydrogen-bond acceptors (Lipinski definition) is 3. The van der Waals surface area contributed by atoms with E-state index in [2.05, 4.69) is 6.07 Å². The summed E-state index contributed by atoms with van der Waals surface area (Å²) in [6.45, 7) is 3.54. The van der Waals surface area contributed by atoms with Gasteiger partial charge in [0.2, 0.25) is 5.91 Å². The van der Waals surface area contributed by atoms with Crippen LogP contribution in [0.15, 0.2) is 24.3 Å². The van der Waals surface area contributed by atoms with E-state index in [1.54, 1.807) is 11.0 Å². The third-order valence-corrected chi connectivity index (χ3v) is 4.20. The van der Waals surface area contributed by atoms with Crippen LogP contribution in [-0.2, 0) is 4.79 Å². The molecule has 0 radical (unpaired) electrons. The van der Waals surface area contributed by atoms with Crippen LogP contribution in [-0.4, -0.2) is 23.4 Å². The van der Waals surface area contributed by atoms with Gasteiger partial charge in [-0.2, -0.15) is 5.26 Å². The van der Waals surface area contributed by atoms with E-state index in [0.717, 1.165) is 5.56 Å². The van der Waals surface area contributed by atoms with Crippen molar-refractivity contribution in [3.8, 4) is 6.07 Å². The van der Waals surface area contributed by atoms with Gasteiger partial charge in [-0.05, 0) is 44.4 Å². The molecule has 1 aliphatic heterocycles. The number of nitriles is 1. The third kappa shape index (κ3) is 2.91. The zero-order chi connectivity index (χ0) is 15.6. The minimum atomic E-state index is -0.660. The van der Waals surface area contributed by atoms with Crippen LogP contribution in [0.25, 0.3) is 0 Å². The molecule has 0 spiro atoms. The highest BCUT2D eigenvalue weighted by Crippen LogP contribution is 2.43. The maximum absolute atomic E-state index is 13.4. The molecule has 2 atom stereocenters. The van der Waals surface area contributed by atoms with Crippen LogP contribution < -0.4 is 5.73 Å². The average molecular weight is 289 g/mol. The molecule has 1 aromatic carbocycles. The van der Waals surface area contributed by atoms with Crippen LogP contribution in [0.2, 0.25) is 0 Å². The molecule has 1 saturated heterocycles. The van der Waals surface area contributed by atoms with Crippen molar-refractivity contribution in [1.29, 1.82) is 5.26 Å². The number of amides is 1. The Morgan fingerprint density at radius 2 is 2.24 bits per heavy atom. The third-order valence-electron chi connectivity index (χ3n) is 4.20. The predicted molar refractivity (Wildman–Crippen MR) is 77.5 cm³/mol. The van der Waals surface area contributed by atoms with Crippen LogP contribution in [0, 0.1) is 22.6 Å². The Kier molecular flexibility index (Phi) is 4.29. The second-order valence-electron chi connectivity index (χ2n) is 6.00. The fraction of sp³-hybridized carbons (Fsp3) is 0.500. The summed E-state index contributed by atoms with van der Waals surface area (Å²) in [7, 11) is 0. The summed E-state index contributed by atoms with van der Waals surface area (Å²) in [5.41, 5.74) is 5.62. The van der Waals surface area contributed by atoms with E-state index in [0.29, 0.717) is 12.8 Å². The van der Waals surface area contributed by atoms with Gasteiger partial charge in [0.1, 0.15) is 5.82 Å². The largest absolute Gasteiger partial charge is 0.330 e. The minimum Gasteiger partial charge on any atom is -0.330 e. The lowest BCUT2D eigenvalue weighted by Crippen LogP contribution is -2.47. The number of carbonyl (C=O) groups is 1. The molecule has 1 aliphatic rings. The molecule has 4 nitrogen and oxygen atoms in total. The summed E-state index contributed by atoms with van der Waals surface area (Å²) in [6.07, 6.45) is 1.43. The maximum atomic E-state index is 13.4. The first-order valence-corrected chi connectivity index (χ1v) is 7.08. The first-order chi connectivity index (χ1) is 9.90. The van der Waals surface area contributed by atoms with Gasteiger partial charge < -0.3 is 10.6 Å². The number of carbonyl (C=O) groups excluding carboxylic acids is 1. The van der Waals surface area contributed by atoms with Gasteiger partial charge in [0.15, 0.2) is 0 Å². The Labute approximate surface area is 124 Å². The lowest BCUT2D eigenvalue weighted by molar-refractivity contribution is -0.134. The topological polar surface area (TPSA) is 70.1 Å². The normalized spacial score (nSPS) is 22.1. The molecule has 1 unspecified atom stereocenters. The molecule has 0 aliphatic carbocycles. The number of hydrogen-bond donors (Lipinski definition) is 1. The van der Waals surface area contributed by atoms with Crippen molar-refractivity contribution in [2.75, 3.05) is 6.54 Å². The van der Waals surface area contributed by atoms with Gasteiger partial charge in [0.25, 0.3) is 0 Å². The van der Waals surface area contributed by atoms with Crippen molar-refractivity contribution >= 4 is 5.91 Å². The SMILES string of the molecule is CC(C)(C#N)C1CC[C@@H](c2cccc(F)c2)N1C(=O)CN. The highest BCUT2D eigenvalue weighted by atomic mass is 19.1. The standard InChI is InChI=1S/C16H20FN3O/c1-16(2,10-19)14-7-6-13(20(14)15(21)9-18)11-4-3-5-12(17)8-11/h3-5,8,13-14H,6-7,9,18H2,1-2H3/t13-,14?/m0/s1. The summed E-state index contributed by atoms with van der Waals surface area (Å²) in [4.78, 5) is 13.9. The van der Waals surface area contributed by atoms with E-state index in [9.17, 15) is 14.4 Å². The minimum absolute atomic E-state index is 0.107. The smallest absolute Gasteiger partial charge is 0.237 e. The summed E-state index contributed by atoms with van der Waals surface area (Å²) in [5.74, 6) is -0.522. The van der Waals surface area contributed by atoms with Gasteiger partial charge >= 0.3 is 0 Å². The van der Waals surface area contributed by atoms with Gasteiger partial charge in [-0.15, -0.1) is 0 Å². The van der Waals surface area contributed by atoms with Crippen molar-refractivity contribution in [2.24, 2.45) is 11.1 Å². The Hall–Kier alpha value is -1.93. The van der Waals surface area contributed by atoms with Crippen LogP contribution in [0.3, 0.4) is 0 Å². The molecule has 5 heteroatoms. The molecule has 1 heterocycles. The van der Waals surface area contributed by atoms with Gasteiger partial charge in [-0.25, -0.2) is 4.39 Å². The summed E-state index contributed by atoms with van der Waals surface area (Å²) >= 11 is 0. The van der Waals surface area contributed by atoms with Gasteiger partial charge in [-0.1, -0.05) is 12.1 Å². The number of nitrogens with zero attached hydrogens (tertiary/aromatic N) is 2. The highest BCUT2D eigenvalue weighted by molar-refractivity contribution is 5.79. The Balaban J connectivity index is 2.39. The molecule has 2 N–H and O–H groups in total. The average Bonchev–Trinajstić information content (AvgIpc) is 2.92. The van der Waals surface area contributed by atoms with E-state index in [1.165, 1.54) is 12.1 Å². The predicted octanol–water partition coefficient (Wildman–Crippen LogP) is 2.37. The van der Waals surface area contributed by atoms with E-state index >= 15 is 0 Å². The van der Waals surface area contributed by atoms with Crippen molar-refractivity contribution in [1.82, 2.24) is 4.90 Å². The summed E-state index contributed by atoms with van der Waals surface area (Å²) in [5, 5.41) is 9.35. The Bertz CT molecular complexity index is 579. The van der Waals surface area contributed by atoms with Crippen LogP contribution in [0.1, 0.15) is 38.3 Å². The van der Waals surface area contributed by atoms with E-state index in [-0.39, 0.29) is 30.4 Å². The lowest BCUT2D eigenvalue weighted by Gasteiger charge is -2.36. The van der Waals surface area contributed by atoms with Crippen molar-refractivity contribution < 1.29 is 9.18 Å². The fourth-order valence-electron chi connectivity index (χ4n) is 3.09. The fourth-order valence-corrected chi connectivity index (χ4v) is 3.09. The van der Waals surface area contributed by atoms with Crippen molar-refractivity contribution in [2.45, 2.75) is 38.8 Å². The molecule has 112 valence electrons. The Morgan fingerprint density at radius 3 is 2.81 bits per heavy atom. The molecule has 0 saturated carbocycles. The number of rotatable bonds is 3. The number of benzene rings is 1. The molecule has 1 fully saturated rings. The molecular weight excluding hydrogens is 269 g/mol. The van der Waals surface area contributed by atoms with E-state index in [4.69, 9.17) is 5.73 Å². The Morgan fingerprint density at radius 1 is 1.52 bits per heavy atom. The maximum Gasteiger partial charge on any atom is 0.237 e. The monoisotopic (exact) mass is 289 g/mol. The van der Waals surface area contributed by atoms with Crippen molar-refractivity contribution in [3.05, 3.63) is 35.6 Å². The van der Waals surface area contributed by atoms with Gasteiger partial charge in [-0.3, -0.25) is 4.79 Å². The highest BCUT2D eigenvalue weighted by Gasteiger charge is 2.45. The van der Waals surface area contributed by atoms with Crippen molar-refractivity contribution in [3.63, 3.8) is 0 Å². The first-order valence-electron chi connectivity index (χ1n) is 7.08. The molecule has 0 bridgehead atoms. The second-order valence-corrected chi connectivity index (χ2v) is 6.00. The van der Waals surface area contributed by atoms with Crippen LogP contribution in [0.4, 0.5) is 4.39 Å². The molecule has 2 rings (SSSR count). The lowest BCUT2D eigenvalue weighted by atomic mass is 9.84. The molecule has 1 amide bonds. The van der Waals surface area contributed by atoms with E-state index in [1.807, 2.05) is 19.9 Å². The first kappa shape index (κ1) is 15.5. The number of likely N-dealkylation sites (tertiary alicyclic amines) is 1. The zero-order valence-corrected chi connectivity index (χ0v) is 12.3. The summed E-state index contributed by atoms with van der Waals surface area (Å²) in [6, 6.07) is 8.13.